The number of hydrogen-bond acceptors (Lipinski definition) is 4. The molecule has 1 amide bonds. The van der Waals surface area contributed by atoms with E-state index in [4.69, 9.17) is 4.74 Å². The third-order valence-corrected chi connectivity index (χ3v) is 5.61. The summed E-state index contributed by atoms with van der Waals surface area (Å²) in [5.74, 6) is 1.93. The highest BCUT2D eigenvalue weighted by Crippen LogP contribution is 2.18. The molecule has 0 saturated carbocycles. The number of nitrogens with zero attached hydrogens (tertiary/aromatic N) is 1. The van der Waals surface area contributed by atoms with Gasteiger partial charge in [0.15, 0.2) is 0 Å². The topological polar surface area (TPSA) is 41.6 Å². The summed E-state index contributed by atoms with van der Waals surface area (Å²) < 4.78 is 19.2. The van der Waals surface area contributed by atoms with E-state index in [1.54, 1.807) is 6.07 Å². The van der Waals surface area contributed by atoms with Gasteiger partial charge in [0.05, 0.1) is 6.10 Å². The fraction of sp³-hybridized carbons (Fsp3) is 0.611. The summed E-state index contributed by atoms with van der Waals surface area (Å²) in [4.78, 5) is 14.7. The van der Waals surface area contributed by atoms with E-state index in [1.165, 1.54) is 12.1 Å². The van der Waals surface area contributed by atoms with Gasteiger partial charge in [0.2, 0.25) is 5.91 Å². The molecule has 6 heteroatoms. The molecular formula is C18H25FN2O2S. The molecule has 0 aliphatic carbocycles. The van der Waals surface area contributed by atoms with Crippen molar-refractivity contribution in [1.29, 1.82) is 0 Å². The third kappa shape index (κ3) is 5.19. The Morgan fingerprint density at radius 2 is 2.38 bits per heavy atom. The van der Waals surface area contributed by atoms with Crippen LogP contribution < -0.4 is 5.32 Å². The Hall–Kier alpha value is -1.11. The van der Waals surface area contributed by atoms with E-state index in [0.29, 0.717) is 19.5 Å². The van der Waals surface area contributed by atoms with Gasteiger partial charge in [-0.25, -0.2) is 4.39 Å². The predicted octanol–water partition coefficient (Wildman–Crippen LogP) is 2.43. The fourth-order valence-corrected chi connectivity index (χ4v) is 4.18. The van der Waals surface area contributed by atoms with Crippen molar-refractivity contribution in [1.82, 2.24) is 10.2 Å². The highest BCUT2D eigenvalue weighted by Gasteiger charge is 2.25. The number of rotatable bonds is 6. The van der Waals surface area contributed by atoms with Gasteiger partial charge in [0.1, 0.15) is 5.82 Å². The van der Waals surface area contributed by atoms with Gasteiger partial charge < -0.3 is 15.0 Å². The third-order valence-electron chi connectivity index (χ3n) is 4.48. The first kappa shape index (κ1) is 17.7. The molecule has 132 valence electrons. The molecule has 2 fully saturated rings. The first-order chi connectivity index (χ1) is 11.7. The number of ether oxygens (including phenoxy) is 1. The molecule has 2 heterocycles. The molecular weight excluding hydrogens is 327 g/mol. The number of hydrogen-bond donors (Lipinski definition) is 1. The molecule has 24 heavy (non-hydrogen) atoms. The van der Waals surface area contributed by atoms with Gasteiger partial charge in [-0.2, -0.15) is 11.8 Å². The maximum Gasteiger partial charge on any atom is 0.224 e. The van der Waals surface area contributed by atoms with Crippen molar-refractivity contribution in [3.63, 3.8) is 0 Å². The maximum atomic E-state index is 13.5. The average molecular weight is 352 g/mol. The Morgan fingerprint density at radius 1 is 1.46 bits per heavy atom. The minimum atomic E-state index is -0.262. The van der Waals surface area contributed by atoms with Gasteiger partial charge in [-0.15, -0.1) is 0 Å². The predicted molar refractivity (Wildman–Crippen MR) is 94.5 cm³/mol. The zero-order valence-corrected chi connectivity index (χ0v) is 14.7. The lowest BCUT2D eigenvalue weighted by atomic mass is 10.1. The van der Waals surface area contributed by atoms with Crippen LogP contribution in [0.25, 0.3) is 0 Å². The molecule has 1 N–H and O–H groups in total. The molecule has 1 aromatic carbocycles. The van der Waals surface area contributed by atoms with Crippen molar-refractivity contribution in [2.75, 3.05) is 31.2 Å². The Morgan fingerprint density at radius 3 is 3.08 bits per heavy atom. The molecule has 0 spiro atoms. The van der Waals surface area contributed by atoms with E-state index in [9.17, 15) is 9.18 Å². The molecule has 2 aliphatic heterocycles. The molecule has 2 unspecified atom stereocenters. The smallest absolute Gasteiger partial charge is 0.224 e. The van der Waals surface area contributed by atoms with E-state index in [0.717, 1.165) is 43.1 Å². The van der Waals surface area contributed by atoms with Gasteiger partial charge >= 0.3 is 0 Å². The summed E-state index contributed by atoms with van der Waals surface area (Å²) in [6, 6.07) is 6.73. The molecule has 4 nitrogen and oxygen atoms in total. The van der Waals surface area contributed by atoms with Crippen LogP contribution in [0.15, 0.2) is 24.3 Å². The standard InChI is InChI=1S/C18H25FN2O2S/c19-15-4-1-3-14(9-15)11-21(12-17-5-2-7-23-17)18(22)10-16-13-24-8-6-20-16/h1,3-4,9,16-17,20H,2,5-8,10-13H2. The first-order valence-electron chi connectivity index (χ1n) is 8.65. The minimum Gasteiger partial charge on any atom is -0.376 e. The lowest BCUT2D eigenvalue weighted by Gasteiger charge is -2.29. The van der Waals surface area contributed by atoms with Crippen molar-refractivity contribution in [2.24, 2.45) is 0 Å². The molecule has 0 radical (unpaired) electrons. The van der Waals surface area contributed by atoms with Gasteiger partial charge in [-0.1, -0.05) is 12.1 Å². The SMILES string of the molecule is O=C(CC1CSCCN1)N(Cc1cccc(F)c1)CC1CCCO1. The second-order valence-electron chi connectivity index (χ2n) is 6.47. The Bertz CT molecular complexity index is 546. The summed E-state index contributed by atoms with van der Waals surface area (Å²) in [5, 5.41) is 3.41. The molecule has 3 rings (SSSR count). The van der Waals surface area contributed by atoms with Crippen LogP contribution in [0.4, 0.5) is 4.39 Å². The lowest BCUT2D eigenvalue weighted by Crippen LogP contribution is -2.44. The van der Waals surface area contributed by atoms with Gasteiger partial charge in [0.25, 0.3) is 0 Å². The summed E-state index contributed by atoms with van der Waals surface area (Å²) in [7, 11) is 0. The van der Waals surface area contributed by atoms with Crippen LogP contribution >= 0.6 is 11.8 Å². The summed E-state index contributed by atoms with van der Waals surface area (Å²) in [6.45, 7) is 2.76. The maximum absolute atomic E-state index is 13.5. The first-order valence-corrected chi connectivity index (χ1v) is 9.81. The minimum absolute atomic E-state index is 0.108. The summed E-state index contributed by atoms with van der Waals surface area (Å²) in [5.41, 5.74) is 0.826. The fourth-order valence-electron chi connectivity index (χ4n) is 3.24. The molecule has 0 aromatic heterocycles. The summed E-state index contributed by atoms with van der Waals surface area (Å²) in [6.07, 6.45) is 2.64. The van der Waals surface area contributed by atoms with Crippen LogP contribution in [0, 0.1) is 5.82 Å². The van der Waals surface area contributed by atoms with Crippen LogP contribution in [0.2, 0.25) is 0 Å². The van der Waals surface area contributed by atoms with Crippen molar-refractivity contribution >= 4 is 17.7 Å². The van der Waals surface area contributed by atoms with Gasteiger partial charge in [-0.3, -0.25) is 4.79 Å². The normalized spacial score (nSPS) is 24.0. The Labute approximate surface area is 147 Å². The van der Waals surface area contributed by atoms with E-state index < -0.39 is 0 Å². The zero-order valence-electron chi connectivity index (χ0n) is 13.9. The largest absolute Gasteiger partial charge is 0.376 e. The van der Waals surface area contributed by atoms with E-state index in [2.05, 4.69) is 5.32 Å². The number of nitrogens with one attached hydrogen (secondary N) is 1. The van der Waals surface area contributed by atoms with E-state index in [-0.39, 0.29) is 23.9 Å². The van der Waals surface area contributed by atoms with Crippen LogP contribution in [-0.2, 0) is 16.1 Å². The van der Waals surface area contributed by atoms with Crippen LogP contribution in [0.1, 0.15) is 24.8 Å². The highest BCUT2D eigenvalue weighted by atomic mass is 32.2. The van der Waals surface area contributed by atoms with Crippen LogP contribution in [0.3, 0.4) is 0 Å². The van der Waals surface area contributed by atoms with Crippen molar-refractivity contribution in [3.8, 4) is 0 Å². The summed E-state index contributed by atoms with van der Waals surface area (Å²) >= 11 is 1.89. The number of benzene rings is 1. The second-order valence-corrected chi connectivity index (χ2v) is 7.62. The van der Waals surface area contributed by atoms with Gasteiger partial charge in [0, 0.05) is 50.2 Å². The molecule has 0 bridgehead atoms. The molecule has 1 aromatic rings. The zero-order chi connectivity index (χ0) is 16.8. The van der Waals surface area contributed by atoms with Crippen LogP contribution in [-0.4, -0.2) is 54.2 Å². The Kier molecular flexibility index (Phi) is 6.51. The number of carbonyl (C=O) groups is 1. The molecule has 2 aliphatic rings. The quantitative estimate of drug-likeness (QED) is 0.854. The highest BCUT2D eigenvalue weighted by molar-refractivity contribution is 7.99. The Balaban J connectivity index is 1.64. The average Bonchev–Trinajstić information content (AvgIpc) is 3.08. The number of amides is 1. The number of carbonyl (C=O) groups excluding carboxylic acids is 1. The van der Waals surface area contributed by atoms with Crippen LogP contribution in [0.5, 0.6) is 0 Å². The number of thioether (sulfide) groups is 1. The molecule has 2 atom stereocenters. The van der Waals surface area contributed by atoms with Gasteiger partial charge in [-0.05, 0) is 30.5 Å². The van der Waals surface area contributed by atoms with E-state index in [1.807, 2.05) is 22.7 Å². The second kappa shape index (κ2) is 8.83. The number of halogens is 1. The monoisotopic (exact) mass is 352 g/mol. The van der Waals surface area contributed by atoms with Crippen molar-refractivity contribution in [2.45, 2.75) is 38.0 Å². The van der Waals surface area contributed by atoms with E-state index >= 15 is 0 Å². The molecule has 2 saturated heterocycles. The lowest BCUT2D eigenvalue weighted by molar-refractivity contribution is -0.133. The van der Waals surface area contributed by atoms with Crippen molar-refractivity contribution in [3.05, 3.63) is 35.6 Å². The van der Waals surface area contributed by atoms with Crippen molar-refractivity contribution < 1.29 is 13.9 Å².